The van der Waals surface area contributed by atoms with E-state index in [1.165, 1.54) is 6.92 Å². The van der Waals surface area contributed by atoms with Gasteiger partial charge in [-0.25, -0.2) is 4.18 Å². The number of unbranched alkanes of at least 4 members (excludes halogenated alkanes) is 1. The number of hydrogen-bond acceptors (Lipinski definition) is 4. The van der Waals surface area contributed by atoms with Crippen molar-refractivity contribution in [2.24, 2.45) is 0 Å². The van der Waals surface area contributed by atoms with E-state index < -0.39 is 10.4 Å². The molecule has 0 amide bonds. The minimum Gasteiger partial charge on any atom is -0.300 e. The molecular weight excluding hydrogens is 184 g/mol. The van der Waals surface area contributed by atoms with Crippen molar-refractivity contribution in [1.29, 1.82) is 0 Å². The first-order valence-corrected chi connectivity index (χ1v) is 4.89. The molecule has 0 spiro atoms. The predicted molar refractivity (Wildman–Crippen MR) is 42.0 cm³/mol. The Labute approximate surface area is 71.7 Å². The van der Waals surface area contributed by atoms with Crippen molar-refractivity contribution in [2.45, 2.75) is 26.2 Å². The van der Waals surface area contributed by atoms with Crippen LogP contribution in [0, 0.1) is 0 Å². The Morgan fingerprint density at radius 3 is 2.42 bits per heavy atom. The zero-order valence-corrected chi connectivity index (χ0v) is 7.63. The topological polar surface area (TPSA) is 80.7 Å². The second kappa shape index (κ2) is 5.23. The van der Waals surface area contributed by atoms with Gasteiger partial charge in [0.05, 0.1) is 6.61 Å². The van der Waals surface area contributed by atoms with Crippen LogP contribution in [0.3, 0.4) is 0 Å². The molecule has 0 bridgehead atoms. The normalized spacial score (nSPS) is 11.5. The molecule has 0 fully saturated rings. The molecule has 0 aliphatic carbocycles. The Morgan fingerprint density at radius 2 is 2.00 bits per heavy atom. The summed E-state index contributed by atoms with van der Waals surface area (Å²) in [6.07, 6.45) is 1.43. The summed E-state index contributed by atoms with van der Waals surface area (Å²) >= 11 is 0. The van der Waals surface area contributed by atoms with E-state index in [1.807, 2.05) is 0 Å². The van der Waals surface area contributed by atoms with E-state index in [0.29, 0.717) is 19.3 Å². The molecule has 1 N–H and O–H groups in total. The van der Waals surface area contributed by atoms with Crippen LogP contribution in [0.5, 0.6) is 0 Å². The number of Topliss-reactive ketones (excluding diaryl/α,β-unsaturated/α-hetero) is 1. The van der Waals surface area contributed by atoms with Crippen LogP contribution in [0.25, 0.3) is 0 Å². The summed E-state index contributed by atoms with van der Waals surface area (Å²) in [6.45, 7) is 1.38. The van der Waals surface area contributed by atoms with Crippen molar-refractivity contribution < 1.29 is 21.9 Å². The molecule has 0 saturated carbocycles. The Bertz CT molecular complexity index is 230. The van der Waals surface area contributed by atoms with Gasteiger partial charge < -0.3 is 4.79 Å². The lowest BCUT2D eigenvalue weighted by Gasteiger charge is -1.97. The van der Waals surface area contributed by atoms with Gasteiger partial charge in [0.1, 0.15) is 5.78 Å². The quantitative estimate of drug-likeness (QED) is 0.496. The molecular formula is C6H12O5S. The van der Waals surface area contributed by atoms with Crippen LogP contribution in [0.2, 0.25) is 0 Å². The van der Waals surface area contributed by atoms with Gasteiger partial charge in [-0.3, -0.25) is 4.55 Å². The molecule has 0 aliphatic rings. The fourth-order valence-corrected chi connectivity index (χ4v) is 0.969. The molecule has 5 nitrogen and oxygen atoms in total. The van der Waals surface area contributed by atoms with E-state index in [1.54, 1.807) is 0 Å². The molecule has 0 atom stereocenters. The summed E-state index contributed by atoms with van der Waals surface area (Å²) in [4.78, 5) is 10.4. The average molecular weight is 196 g/mol. The molecule has 0 aromatic rings. The van der Waals surface area contributed by atoms with Gasteiger partial charge in [0.15, 0.2) is 0 Å². The Kier molecular flexibility index (Phi) is 5.03. The molecule has 0 radical (unpaired) electrons. The van der Waals surface area contributed by atoms with E-state index in [9.17, 15) is 13.2 Å². The van der Waals surface area contributed by atoms with Crippen LogP contribution in [0.1, 0.15) is 26.2 Å². The highest BCUT2D eigenvalue weighted by molar-refractivity contribution is 7.80. The van der Waals surface area contributed by atoms with Gasteiger partial charge in [-0.05, 0) is 19.8 Å². The third-order valence-corrected chi connectivity index (χ3v) is 1.62. The van der Waals surface area contributed by atoms with Crippen molar-refractivity contribution in [3.05, 3.63) is 0 Å². The van der Waals surface area contributed by atoms with E-state index in [2.05, 4.69) is 4.18 Å². The minimum absolute atomic E-state index is 0.0573. The van der Waals surface area contributed by atoms with Crippen molar-refractivity contribution in [3.63, 3.8) is 0 Å². The third-order valence-electron chi connectivity index (χ3n) is 1.16. The first-order valence-electron chi connectivity index (χ1n) is 3.53. The molecule has 12 heavy (non-hydrogen) atoms. The molecule has 6 heteroatoms. The van der Waals surface area contributed by atoms with Gasteiger partial charge in [-0.2, -0.15) is 8.42 Å². The number of ketones is 1. The first kappa shape index (κ1) is 11.5. The molecule has 0 heterocycles. The Balaban J connectivity index is 3.29. The van der Waals surface area contributed by atoms with Crippen LogP contribution in [-0.2, 0) is 19.4 Å². The second-order valence-corrected chi connectivity index (χ2v) is 3.50. The maximum atomic E-state index is 10.4. The van der Waals surface area contributed by atoms with Crippen LogP contribution < -0.4 is 0 Å². The Hall–Kier alpha value is -0.460. The smallest absolute Gasteiger partial charge is 0.300 e. The molecule has 0 aromatic carbocycles. The summed E-state index contributed by atoms with van der Waals surface area (Å²) in [6, 6.07) is 0. The lowest BCUT2D eigenvalue weighted by atomic mass is 10.2. The molecule has 0 unspecified atom stereocenters. The van der Waals surface area contributed by atoms with E-state index in [4.69, 9.17) is 4.55 Å². The van der Waals surface area contributed by atoms with Gasteiger partial charge >= 0.3 is 10.4 Å². The predicted octanol–water partition coefficient (Wildman–Crippen LogP) is 0.565. The third kappa shape index (κ3) is 9.54. The largest absolute Gasteiger partial charge is 0.397 e. The summed E-state index contributed by atoms with van der Waals surface area (Å²) in [5.74, 6) is 0.0573. The standard InChI is InChI=1S/C6H12O5S/c1-6(7)4-2-3-5-11-12(8,9)10/h2-5H2,1H3,(H,8,9,10). The monoisotopic (exact) mass is 196 g/mol. The van der Waals surface area contributed by atoms with Crippen LogP contribution in [0.15, 0.2) is 0 Å². The minimum atomic E-state index is -4.31. The number of hydrogen-bond donors (Lipinski definition) is 1. The molecule has 0 saturated heterocycles. The van der Waals surface area contributed by atoms with Gasteiger partial charge in [-0.1, -0.05) is 0 Å². The molecule has 72 valence electrons. The van der Waals surface area contributed by atoms with Crippen LogP contribution in [0.4, 0.5) is 0 Å². The zero-order valence-electron chi connectivity index (χ0n) is 6.82. The van der Waals surface area contributed by atoms with Crippen molar-refractivity contribution in [2.75, 3.05) is 6.61 Å². The van der Waals surface area contributed by atoms with E-state index >= 15 is 0 Å². The van der Waals surface area contributed by atoms with Crippen LogP contribution in [-0.4, -0.2) is 25.4 Å². The fraction of sp³-hybridized carbons (Fsp3) is 0.833. The molecule has 0 aromatic heterocycles. The maximum absolute atomic E-state index is 10.4. The maximum Gasteiger partial charge on any atom is 0.397 e. The zero-order chi connectivity index (χ0) is 9.61. The van der Waals surface area contributed by atoms with Crippen LogP contribution >= 0.6 is 0 Å². The van der Waals surface area contributed by atoms with Crippen molar-refractivity contribution in [3.8, 4) is 0 Å². The van der Waals surface area contributed by atoms with Gasteiger partial charge in [0, 0.05) is 6.42 Å². The van der Waals surface area contributed by atoms with Gasteiger partial charge in [0.25, 0.3) is 0 Å². The fourth-order valence-electron chi connectivity index (χ4n) is 0.640. The number of carbonyl (C=O) groups excluding carboxylic acids is 1. The molecule has 0 aliphatic heterocycles. The highest BCUT2D eigenvalue weighted by Gasteiger charge is 2.02. The second-order valence-electron chi connectivity index (χ2n) is 2.41. The lowest BCUT2D eigenvalue weighted by molar-refractivity contribution is -0.117. The summed E-state index contributed by atoms with van der Waals surface area (Å²) in [5.41, 5.74) is 0. The average Bonchev–Trinajstić information content (AvgIpc) is 1.83. The summed E-state index contributed by atoms with van der Waals surface area (Å²) in [5, 5.41) is 0. The SMILES string of the molecule is CC(=O)CCCCOS(=O)(=O)O. The highest BCUT2D eigenvalue weighted by atomic mass is 32.3. The van der Waals surface area contributed by atoms with Gasteiger partial charge in [-0.15, -0.1) is 0 Å². The number of carbonyl (C=O) groups is 1. The molecule has 0 rings (SSSR count). The van der Waals surface area contributed by atoms with Crippen molar-refractivity contribution >= 4 is 16.2 Å². The van der Waals surface area contributed by atoms with Gasteiger partial charge in [0.2, 0.25) is 0 Å². The Morgan fingerprint density at radius 1 is 1.42 bits per heavy atom. The number of rotatable bonds is 6. The van der Waals surface area contributed by atoms with E-state index in [0.717, 1.165) is 0 Å². The summed E-state index contributed by atoms with van der Waals surface area (Å²) in [7, 11) is -4.31. The summed E-state index contributed by atoms with van der Waals surface area (Å²) < 4.78 is 32.1. The van der Waals surface area contributed by atoms with Crippen molar-refractivity contribution in [1.82, 2.24) is 0 Å². The first-order chi connectivity index (χ1) is 5.42. The van der Waals surface area contributed by atoms with E-state index in [-0.39, 0.29) is 12.4 Å². The lowest BCUT2D eigenvalue weighted by Crippen LogP contribution is -2.05. The highest BCUT2D eigenvalue weighted by Crippen LogP contribution is 1.98.